The number of nitrogens with one attached hydrogen (secondary N) is 1. The van der Waals surface area contributed by atoms with Crippen LogP contribution in [0.1, 0.15) is 57.6 Å². The highest BCUT2D eigenvalue weighted by Crippen LogP contribution is 2.36. The molecule has 0 saturated carbocycles. The molecule has 7 rings (SSSR count). The minimum absolute atomic E-state index is 0.127. The molecule has 268 valence electrons. The molecular formula is C39H41Cl2N3O7. The zero-order valence-electron chi connectivity index (χ0n) is 28.8. The van der Waals surface area contributed by atoms with Crippen LogP contribution in [-0.2, 0) is 27.2 Å². The highest BCUT2D eigenvalue weighted by molar-refractivity contribution is 6.35. The van der Waals surface area contributed by atoms with Gasteiger partial charge in [0.15, 0.2) is 11.5 Å². The van der Waals surface area contributed by atoms with Gasteiger partial charge in [0.25, 0.3) is 0 Å². The third-order valence-electron chi connectivity index (χ3n) is 9.62. The van der Waals surface area contributed by atoms with Crippen LogP contribution in [0.25, 0.3) is 0 Å². The predicted molar refractivity (Wildman–Crippen MR) is 194 cm³/mol. The quantitative estimate of drug-likeness (QED) is 0.136. The number of carbonyl (C=O) groups excluding carboxylic acids is 2. The minimum Gasteiger partial charge on any atom is -0.496 e. The van der Waals surface area contributed by atoms with E-state index < -0.39 is 18.1 Å². The number of benzene rings is 3. The third kappa shape index (κ3) is 8.59. The Kier molecular flexibility index (Phi) is 12.0. The number of pyridine rings is 1. The van der Waals surface area contributed by atoms with Gasteiger partial charge in [0, 0.05) is 37.5 Å². The first-order valence-corrected chi connectivity index (χ1v) is 17.6. The second-order valence-corrected chi connectivity index (χ2v) is 13.5. The van der Waals surface area contributed by atoms with Crippen molar-refractivity contribution in [3.05, 3.63) is 117 Å². The fraction of sp³-hybridized carbons (Fsp3) is 0.359. The maximum absolute atomic E-state index is 13.7. The van der Waals surface area contributed by atoms with Crippen LogP contribution in [0.5, 0.6) is 17.2 Å². The van der Waals surface area contributed by atoms with Crippen molar-refractivity contribution >= 4 is 35.1 Å². The van der Waals surface area contributed by atoms with Gasteiger partial charge in [0.1, 0.15) is 24.0 Å². The first-order valence-electron chi connectivity index (χ1n) is 16.9. The average molecular weight is 735 g/mol. The summed E-state index contributed by atoms with van der Waals surface area (Å²) in [7, 11) is 4.67. The van der Waals surface area contributed by atoms with E-state index >= 15 is 0 Å². The Morgan fingerprint density at radius 1 is 0.882 bits per heavy atom. The molecule has 10 nitrogen and oxygen atoms in total. The second-order valence-electron chi connectivity index (χ2n) is 12.7. The lowest BCUT2D eigenvalue weighted by molar-refractivity contribution is -0.161. The van der Waals surface area contributed by atoms with Crippen molar-refractivity contribution in [2.75, 3.05) is 41.0 Å². The largest absolute Gasteiger partial charge is 0.496 e. The van der Waals surface area contributed by atoms with Crippen LogP contribution in [0.3, 0.4) is 0 Å². The number of hydrogen-bond donors (Lipinski definition) is 1. The normalized spacial score (nSPS) is 19.1. The summed E-state index contributed by atoms with van der Waals surface area (Å²) in [6.45, 7) is 3.21. The summed E-state index contributed by atoms with van der Waals surface area (Å²) in [6, 6.07) is 19.0. The van der Waals surface area contributed by atoms with Crippen LogP contribution in [0, 0.1) is 5.92 Å². The van der Waals surface area contributed by atoms with Gasteiger partial charge in [0.2, 0.25) is 0 Å². The fourth-order valence-electron chi connectivity index (χ4n) is 6.76. The Balaban J connectivity index is 1.17. The summed E-state index contributed by atoms with van der Waals surface area (Å²) < 4.78 is 28.7. The minimum atomic E-state index is -0.764. The van der Waals surface area contributed by atoms with E-state index in [1.807, 2.05) is 36.4 Å². The summed E-state index contributed by atoms with van der Waals surface area (Å²) in [5.41, 5.74) is 3.16. The Bertz CT molecular complexity index is 1810. The topological polar surface area (TPSA) is 108 Å². The Morgan fingerprint density at radius 2 is 1.57 bits per heavy atom. The number of fused-ring (bicyclic) bond motifs is 3. The number of esters is 2. The van der Waals surface area contributed by atoms with Crippen molar-refractivity contribution in [2.24, 2.45) is 5.92 Å². The van der Waals surface area contributed by atoms with Gasteiger partial charge in [-0.15, -0.1) is 0 Å². The lowest BCUT2D eigenvalue weighted by atomic mass is 9.86. The zero-order valence-corrected chi connectivity index (χ0v) is 30.3. The van der Waals surface area contributed by atoms with Crippen LogP contribution in [0.15, 0.2) is 79.1 Å². The molecule has 3 unspecified atom stereocenters. The summed E-state index contributed by atoms with van der Waals surface area (Å²) >= 11 is 12.9. The van der Waals surface area contributed by atoms with Crippen molar-refractivity contribution in [3.63, 3.8) is 0 Å². The van der Waals surface area contributed by atoms with Gasteiger partial charge < -0.3 is 23.7 Å². The van der Waals surface area contributed by atoms with Crippen LogP contribution in [0.2, 0.25) is 10.0 Å². The molecule has 3 aromatic carbocycles. The molecule has 3 aliphatic heterocycles. The maximum atomic E-state index is 13.7. The molecule has 4 heterocycles. The number of rotatable bonds is 14. The van der Waals surface area contributed by atoms with Crippen LogP contribution in [0.4, 0.5) is 0 Å². The molecular weight excluding hydrogens is 693 g/mol. The summed E-state index contributed by atoms with van der Waals surface area (Å²) in [6.07, 6.45) is 4.39. The molecule has 1 N–H and O–H groups in total. The zero-order chi connectivity index (χ0) is 35.9. The Morgan fingerprint density at radius 3 is 2.22 bits per heavy atom. The molecule has 12 heteroatoms. The van der Waals surface area contributed by atoms with Gasteiger partial charge in [0.05, 0.1) is 36.9 Å². The molecule has 2 bridgehead atoms. The highest BCUT2D eigenvalue weighted by Gasteiger charge is 2.38. The van der Waals surface area contributed by atoms with Gasteiger partial charge in [-0.05, 0) is 78.9 Å². The molecule has 3 fully saturated rings. The number of hydrogen-bond acceptors (Lipinski definition) is 10. The van der Waals surface area contributed by atoms with E-state index in [-0.39, 0.29) is 18.5 Å². The van der Waals surface area contributed by atoms with Crippen molar-refractivity contribution in [2.45, 2.75) is 44.1 Å². The fourth-order valence-corrected chi connectivity index (χ4v) is 7.28. The molecule has 4 aromatic rings. The Labute approximate surface area is 307 Å². The molecule has 3 aliphatic rings. The van der Waals surface area contributed by atoms with E-state index in [0.717, 1.165) is 38.0 Å². The molecule has 3 atom stereocenters. The van der Waals surface area contributed by atoms with Gasteiger partial charge >= 0.3 is 11.9 Å². The second kappa shape index (κ2) is 16.8. The molecule has 0 amide bonds. The standard InChI is InChI=1S/C39H41Cl2N3O7/c1-47-32-7-5-4-6-28(32)37(39(46)51-36-23-44-16-14-25(36)15-17-44)43-20-24-8-10-26(11-9-24)38(45)50-34(19-29-30(40)21-42-22-31(29)41)27-12-13-33(48-2)35(18-27)49-3/h4-13,18,21-22,25,34,36-37,43H,14-17,19-20,23H2,1-3H3. The molecule has 3 saturated heterocycles. The first-order chi connectivity index (χ1) is 24.8. The molecule has 51 heavy (non-hydrogen) atoms. The number of piperidine rings is 3. The van der Waals surface area contributed by atoms with Gasteiger partial charge in [-0.2, -0.15) is 0 Å². The lowest BCUT2D eigenvalue weighted by Crippen LogP contribution is -2.52. The maximum Gasteiger partial charge on any atom is 0.338 e. The van der Waals surface area contributed by atoms with Crippen molar-refractivity contribution < 1.29 is 33.3 Å². The van der Waals surface area contributed by atoms with E-state index in [0.29, 0.717) is 62.0 Å². The molecule has 0 spiro atoms. The number of para-hydroxylation sites is 1. The highest BCUT2D eigenvalue weighted by atomic mass is 35.5. The van der Waals surface area contributed by atoms with Gasteiger partial charge in [-0.3, -0.25) is 15.2 Å². The average Bonchev–Trinajstić information content (AvgIpc) is 3.16. The number of nitrogens with zero attached hydrogens (tertiary/aromatic N) is 2. The number of carbonyl (C=O) groups is 2. The van der Waals surface area contributed by atoms with Crippen molar-refractivity contribution in [3.8, 4) is 17.2 Å². The molecule has 0 aliphatic carbocycles. The van der Waals surface area contributed by atoms with E-state index in [1.54, 1.807) is 44.6 Å². The summed E-state index contributed by atoms with van der Waals surface area (Å²) in [5, 5.41) is 4.11. The molecule has 0 radical (unpaired) electrons. The van der Waals surface area contributed by atoms with E-state index in [2.05, 4.69) is 15.2 Å². The Hall–Kier alpha value is -4.35. The van der Waals surface area contributed by atoms with E-state index in [1.165, 1.54) is 19.5 Å². The first kappa shape index (κ1) is 36.4. The van der Waals surface area contributed by atoms with Crippen LogP contribution in [-0.4, -0.2) is 68.9 Å². The predicted octanol–water partition coefficient (Wildman–Crippen LogP) is 7.02. The summed E-state index contributed by atoms with van der Waals surface area (Å²) in [4.78, 5) is 33.7. The number of aromatic nitrogens is 1. The molecule has 1 aromatic heterocycles. The third-order valence-corrected chi connectivity index (χ3v) is 10.3. The van der Waals surface area contributed by atoms with Gasteiger partial charge in [-0.1, -0.05) is 59.6 Å². The van der Waals surface area contributed by atoms with E-state index in [4.69, 9.17) is 46.9 Å². The lowest BCUT2D eigenvalue weighted by Gasteiger charge is -2.44. The number of ether oxygens (including phenoxy) is 5. The SMILES string of the molecule is COc1ccc(C(Cc2c(Cl)cncc2Cl)OC(=O)c2ccc(CNC(C(=O)OC3CN4CCC3CC4)c3ccccc3OC)cc2)cc1OC. The van der Waals surface area contributed by atoms with Crippen molar-refractivity contribution in [1.29, 1.82) is 0 Å². The van der Waals surface area contributed by atoms with E-state index in [9.17, 15) is 9.59 Å². The van der Waals surface area contributed by atoms with Crippen LogP contribution >= 0.6 is 23.2 Å². The summed E-state index contributed by atoms with van der Waals surface area (Å²) in [5.74, 6) is 1.12. The number of methoxy groups -OCH3 is 3. The monoisotopic (exact) mass is 733 g/mol. The van der Waals surface area contributed by atoms with Crippen LogP contribution < -0.4 is 19.5 Å². The van der Waals surface area contributed by atoms with Crippen molar-refractivity contribution in [1.82, 2.24) is 15.2 Å². The smallest absolute Gasteiger partial charge is 0.338 e. The number of halogens is 2. The van der Waals surface area contributed by atoms with Gasteiger partial charge in [-0.25, -0.2) is 9.59 Å².